The van der Waals surface area contributed by atoms with Gasteiger partial charge in [-0.1, -0.05) is 41.9 Å². The van der Waals surface area contributed by atoms with Crippen LogP contribution in [0.3, 0.4) is 0 Å². The van der Waals surface area contributed by atoms with Crippen LogP contribution in [0.1, 0.15) is 28.9 Å². The van der Waals surface area contributed by atoms with Gasteiger partial charge >= 0.3 is 0 Å². The number of aromatic amines is 1. The third kappa shape index (κ3) is 4.30. The molecule has 142 valence electrons. The number of carbonyl (C=O) groups excluding carboxylic acids is 1. The molecule has 1 atom stereocenters. The molecule has 28 heavy (non-hydrogen) atoms. The number of nitrogens with one attached hydrogen (secondary N) is 2. The fraction of sp³-hybridized carbons (Fsp3) is 0.158. The average molecular weight is 430 g/mol. The third-order valence-electron chi connectivity index (χ3n) is 3.99. The molecule has 0 aliphatic carbocycles. The minimum absolute atomic E-state index is 0.141. The zero-order chi connectivity index (χ0) is 19.5. The smallest absolute Gasteiger partial charge is 0.226 e. The number of benzene rings is 1. The van der Waals surface area contributed by atoms with Gasteiger partial charge in [-0.2, -0.15) is 5.10 Å². The van der Waals surface area contributed by atoms with E-state index in [1.54, 1.807) is 0 Å². The number of aromatic nitrogens is 4. The largest absolute Gasteiger partial charge is 0.342 e. The summed E-state index contributed by atoms with van der Waals surface area (Å²) in [5.74, 6) is 1.09. The summed E-state index contributed by atoms with van der Waals surface area (Å²) in [6.45, 7) is 1.83. The highest BCUT2D eigenvalue weighted by atomic mass is 35.5. The van der Waals surface area contributed by atoms with Crippen LogP contribution in [0.15, 0.2) is 47.8 Å². The maximum Gasteiger partial charge on any atom is 0.226 e. The number of nitrogens with zero attached hydrogens (tertiary/aromatic N) is 3. The van der Waals surface area contributed by atoms with Crippen LogP contribution < -0.4 is 5.32 Å². The van der Waals surface area contributed by atoms with E-state index in [4.69, 9.17) is 11.6 Å². The summed E-state index contributed by atoms with van der Waals surface area (Å²) < 4.78 is 0.719. The lowest BCUT2D eigenvalue weighted by Gasteiger charge is -2.16. The van der Waals surface area contributed by atoms with E-state index in [0.29, 0.717) is 11.6 Å². The number of carbonyl (C=O) groups is 1. The van der Waals surface area contributed by atoms with E-state index < -0.39 is 6.04 Å². The Morgan fingerprint density at radius 2 is 2.04 bits per heavy atom. The Morgan fingerprint density at radius 3 is 2.71 bits per heavy atom. The molecule has 0 radical (unpaired) electrons. The lowest BCUT2D eigenvalue weighted by Crippen LogP contribution is -2.31. The maximum absolute atomic E-state index is 12.7. The number of thiophene rings is 1. The first-order chi connectivity index (χ1) is 13.6. The summed E-state index contributed by atoms with van der Waals surface area (Å²) >= 11 is 8.97. The minimum Gasteiger partial charge on any atom is -0.342 e. The fourth-order valence-electron chi connectivity index (χ4n) is 2.74. The Morgan fingerprint density at radius 1 is 1.21 bits per heavy atom. The summed E-state index contributed by atoms with van der Waals surface area (Å²) in [6, 6.07) is 13.0. The van der Waals surface area contributed by atoms with Gasteiger partial charge in [0, 0.05) is 5.38 Å². The van der Waals surface area contributed by atoms with Crippen molar-refractivity contribution in [1.82, 2.24) is 25.5 Å². The van der Waals surface area contributed by atoms with Crippen molar-refractivity contribution in [3.63, 3.8) is 0 Å². The minimum atomic E-state index is -0.423. The zero-order valence-electron chi connectivity index (χ0n) is 14.8. The molecule has 9 heteroatoms. The lowest BCUT2D eigenvalue weighted by atomic mass is 10.1. The van der Waals surface area contributed by atoms with Crippen molar-refractivity contribution >= 4 is 40.2 Å². The highest BCUT2D eigenvalue weighted by molar-refractivity contribution is 7.23. The molecular formula is C19H16ClN5OS2. The Bertz CT molecular complexity index is 1090. The van der Waals surface area contributed by atoms with Crippen LogP contribution in [0.5, 0.6) is 0 Å². The molecule has 1 amide bonds. The Balaban J connectivity index is 1.50. The SMILES string of the molecule is Cc1nc(C(NC(=O)Cc2csc(-c3ccc(Cl)s3)n2)c2ccccc2)n[nH]1. The van der Waals surface area contributed by atoms with Crippen molar-refractivity contribution in [3.05, 3.63) is 75.1 Å². The van der Waals surface area contributed by atoms with Gasteiger partial charge in [0.15, 0.2) is 5.82 Å². The van der Waals surface area contributed by atoms with Crippen molar-refractivity contribution in [3.8, 4) is 9.88 Å². The lowest BCUT2D eigenvalue weighted by molar-refractivity contribution is -0.121. The van der Waals surface area contributed by atoms with Gasteiger partial charge in [-0.25, -0.2) is 9.97 Å². The topological polar surface area (TPSA) is 83.6 Å². The van der Waals surface area contributed by atoms with Crippen LogP contribution in [0, 0.1) is 6.92 Å². The highest BCUT2D eigenvalue weighted by Crippen LogP contribution is 2.33. The first-order valence-electron chi connectivity index (χ1n) is 8.52. The molecule has 1 unspecified atom stereocenters. The first kappa shape index (κ1) is 18.8. The highest BCUT2D eigenvalue weighted by Gasteiger charge is 2.21. The van der Waals surface area contributed by atoms with Gasteiger partial charge in [0.25, 0.3) is 0 Å². The first-order valence-corrected chi connectivity index (χ1v) is 10.6. The number of hydrogen-bond acceptors (Lipinski definition) is 6. The van der Waals surface area contributed by atoms with E-state index in [1.165, 1.54) is 22.7 Å². The Kier molecular flexibility index (Phi) is 5.52. The van der Waals surface area contributed by atoms with E-state index >= 15 is 0 Å². The van der Waals surface area contributed by atoms with Gasteiger partial charge in [-0.3, -0.25) is 9.89 Å². The van der Waals surface area contributed by atoms with Gasteiger partial charge in [-0.05, 0) is 24.6 Å². The average Bonchev–Trinajstić information content (AvgIpc) is 3.42. The summed E-state index contributed by atoms with van der Waals surface area (Å²) in [5.41, 5.74) is 1.64. The second-order valence-corrected chi connectivity index (χ2v) is 8.69. The van der Waals surface area contributed by atoms with Crippen LogP contribution in [0.25, 0.3) is 9.88 Å². The van der Waals surface area contributed by atoms with Crippen LogP contribution in [0.4, 0.5) is 0 Å². The van der Waals surface area contributed by atoms with Crippen LogP contribution in [-0.2, 0) is 11.2 Å². The predicted molar refractivity (Wildman–Crippen MR) is 112 cm³/mol. The van der Waals surface area contributed by atoms with Gasteiger partial charge in [-0.15, -0.1) is 22.7 Å². The molecule has 0 saturated carbocycles. The summed E-state index contributed by atoms with van der Waals surface area (Å²) in [4.78, 5) is 22.6. The molecule has 3 aromatic heterocycles. The third-order valence-corrected chi connectivity index (χ3v) is 6.28. The van der Waals surface area contributed by atoms with Gasteiger partial charge < -0.3 is 5.32 Å². The van der Waals surface area contributed by atoms with Crippen molar-refractivity contribution in [1.29, 1.82) is 0 Å². The van der Waals surface area contributed by atoms with Crippen molar-refractivity contribution in [2.24, 2.45) is 0 Å². The number of H-pyrrole nitrogens is 1. The molecule has 1 aromatic carbocycles. The van der Waals surface area contributed by atoms with Crippen molar-refractivity contribution in [2.75, 3.05) is 0 Å². The number of halogens is 1. The number of amides is 1. The zero-order valence-corrected chi connectivity index (χ0v) is 17.2. The van der Waals surface area contributed by atoms with E-state index in [2.05, 4.69) is 25.5 Å². The van der Waals surface area contributed by atoms with Gasteiger partial charge in [0.2, 0.25) is 5.91 Å². The Hall–Kier alpha value is -2.55. The molecule has 0 aliphatic heterocycles. The normalized spacial score (nSPS) is 12.1. The molecule has 6 nitrogen and oxygen atoms in total. The van der Waals surface area contributed by atoms with E-state index in [1.807, 2.05) is 54.8 Å². The molecule has 3 heterocycles. The van der Waals surface area contributed by atoms with Crippen LogP contribution in [-0.4, -0.2) is 26.1 Å². The molecule has 0 saturated heterocycles. The van der Waals surface area contributed by atoms with Gasteiger partial charge in [0.1, 0.15) is 16.9 Å². The molecule has 2 N–H and O–H groups in total. The summed E-state index contributed by atoms with van der Waals surface area (Å²) in [6.07, 6.45) is 0.183. The molecular weight excluding hydrogens is 414 g/mol. The van der Waals surface area contributed by atoms with E-state index in [9.17, 15) is 4.79 Å². The number of aryl methyl sites for hydroxylation is 1. The second kappa shape index (κ2) is 8.22. The molecule has 0 fully saturated rings. The van der Waals surface area contributed by atoms with Crippen LogP contribution >= 0.6 is 34.3 Å². The van der Waals surface area contributed by atoms with Gasteiger partial charge in [0.05, 0.1) is 21.3 Å². The monoisotopic (exact) mass is 429 g/mol. The standard InChI is InChI=1S/C19H16ClN5OS2/c1-11-21-18(25-24-11)17(12-5-3-2-4-6-12)23-16(26)9-13-10-27-19(22-13)14-7-8-15(20)28-14/h2-8,10,17H,9H2,1H3,(H,23,26)(H,21,24,25). The van der Waals surface area contributed by atoms with E-state index in [-0.39, 0.29) is 12.3 Å². The molecule has 4 aromatic rings. The predicted octanol–water partition coefficient (Wildman–Crippen LogP) is 4.40. The number of thiazole rings is 1. The molecule has 0 spiro atoms. The maximum atomic E-state index is 12.7. The molecule has 4 rings (SSSR count). The van der Waals surface area contributed by atoms with Crippen LogP contribution in [0.2, 0.25) is 4.34 Å². The second-order valence-electron chi connectivity index (χ2n) is 6.11. The summed E-state index contributed by atoms with van der Waals surface area (Å²) in [5, 5.41) is 12.8. The fourth-order valence-corrected chi connectivity index (χ4v) is 4.67. The van der Waals surface area contributed by atoms with Crippen molar-refractivity contribution in [2.45, 2.75) is 19.4 Å². The Labute approximate surface area is 174 Å². The summed E-state index contributed by atoms with van der Waals surface area (Å²) in [7, 11) is 0. The van der Waals surface area contributed by atoms with E-state index in [0.717, 1.165) is 25.5 Å². The number of hydrogen-bond donors (Lipinski definition) is 2. The van der Waals surface area contributed by atoms with Crippen molar-refractivity contribution < 1.29 is 4.79 Å². The molecule has 0 aliphatic rings. The quantitative estimate of drug-likeness (QED) is 0.475. The number of rotatable bonds is 6. The molecule has 0 bridgehead atoms.